The number of fused-ring (bicyclic) bond motifs is 1. The monoisotopic (exact) mass is 267 g/mol. The highest BCUT2D eigenvalue weighted by Crippen LogP contribution is 2.27. The van der Waals surface area contributed by atoms with Crippen LogP contribution >= 0.6 is 11.8 Å². The summed E-state index contributed by atoms with van der Waals surface area (Å²) in [5.74, 6) is 0.653. The summed E-state index contributed by atoms with van der Waals surface area (Å²) >= 11 is 1.29. The number of hydrogen-bond donors (Lipinski definition) is 1. The minimum Gasteiger partial charge on any atom is -0.465 e. The molecule has 4 nitrogen and oxygen atoms in total. The number of benzene rings is 1. The third-order valence-electron chi connectivity index (χ3n) is 2.50. The molecule has 0 fully saturated rings. The van der Waals surface area contributed by atoms with E-state index in [0.29, 0.717) is 15.8 Å². The fourth-order valence-corrected chi connectivity index (χ4v) is 2.40. The molecule has 5 heteroatoms. The van der Waals surface area contributed by atoms with Crippen LogP contribution in [0.25, 0.3) is 17.1 Å². The van der Waals surface area contributed by atoms with Crippen molar-refractivity contribution in [2.45, 2.75) is 5.16 Å². The van der Waals surface area contributed by atoms with E-state index in [0.717, 1.165) is 11.0 Å². The smallest absolute Gasteiger partial charge is 0.171 e. The number of rotatable bonds is 3. The van der Waals surface area contributed by atoms with Crippen molar-refractivity contribution in [1.29, 1.82) is 5.26 Å². The van der Waals surface area contributed by atoms with Crippen LogP contribution in [0.15, 0.2) is 57.1 Å². The maximum atomic E-state index is 9.14. The van der Waals surface area contributed by atoms with Crippen molar-refractivity contribution in [1.82, 2.24) is 9.97 Å². The number of aromatic amines is 1. The molecule has 0 spiro atoms. The predicted octanol–water partition coefficient (Wildman–Crippen LogP) is 3.81. The van der Waals surface area contributed by atoms with Gasteiger partial charge in [0.25, 0.3) is 0 Å². The van der Waals surface area contributed by atoms with Gasteiger partial charge < -0.3 is 9.40 Å². The zero-order valence-corrected chi connectivity index (χ0v) is 10.6. The van der Waals surface area contributed by atoms with Crippen LogP contribution in [0.3, 0.4) is 0 Å². The van der Waals surface area contributed by atoms with Crippen LogP contribution in [-0.2, 0) is 0 Å². The Balaban J connectivity index is 1.89. The summed E-state index contributed by atoms with van der Waals surface area (Å²) in [5, 5.41) is 9.83. The summed E-state index contributed by atoms with van der Waals surface area (Å²) in [4.78, 5) is 8.11. The minimum absolute atomic E-state index is 0.522. The van der Waals surface area contributed by atoms with Gasteiger partial charge in [0.15, 0.2) is 5.16 Å². The first-order valence-electron chi connectivity index (χ1n) is 5.63. The van der Waals surface area contributed by atoms with E-state index < -0.39 is 0 Å². The van der Waals surface area contributed by atoms with Crippen molar-refractivity contribution < 1.29 is 4.42 Å². The van der Waals surface area contributed by atoms with Gasteiger partial charge in [-0.15, -0.1) is 0 Å². The van der Waals surface area contributed by atoms with Crippen LogP contribution in [0.2, 0.25) is 0 Å². The van der Waals surface area contributed by atoms with Gasteiger partial charge in [-0.2, -0.15) is 5.26 Å². The lowest BCUT2D eigenvalue weighted by atomic mass is 10.3. The highest BCUT2D eigenvalue weighted by molar-refractivity contribution is 8.03. The Kier molecular flexibility index (Phi) is 3.09. The first-order chi connectivity index (χ1) is 9.35. The fourth-order valence-electron chi connectivity index (χ4n) is 1.67. The predicted molar refractivity (Wildman–Crippen MR) is 74.2 cm³/mol. The molecule has 0 aliphatic heterocycles. The normalized spacial score (nSPS) is 11.6. The minimum atomic E-state index is 0.522. The van der Waals surface area contributed by atoms with E-state index in [1.807, 2.05) is 24.3 Å². The van der Waals surface area contributed by atoms with Gasteiger partial charge in [-0.25, -0.2) is 4.98 Å². The van der Waals surface area contributed by atoms with Crippen molar-refractivity contribution in [3.05, 3.63) is 53.3 Å². The lowest BCUT2D eigenvalue weighted by molar-refractivity contribution is 0.557. The molecular weight excluding hydrogens is 258 g/mol. The van der Waals surface area contributed by atoms with Crippen LogP contribution in [0.1, 0.15) is 5.76 Å². The third-order valence-corrected chi connectivity index (χ3v) is 3.32. The maximum Gasteiger partial charge on any atom is 0.171 e. The fraction of sp³-hybridized carbons (Fsp3) is 0. The van der Waals surface area contributed by atoms with E-state index in [4.69, 9.17) is 9.68 Å². The van der Waals surface area contributed by atoms with Gasteiger partial charge >= 0.3 is 0 Å². The van der Waals surface area contributed by atoms with E-state index in [1.165, 1.54) is 11.8 Å². The molecule has 0 amide bonds. The number of H-pyrrole nitrogens is 1. The van der Waals surface area contributed by atoms with Gasteiger partial charge in [0, 0.05) is 6.08 Å². The first kappa shape index (κ1) is 11.6. The van der Waals surface area contributed by atoms with Gasteiger partial charge in [-0.3, -0.25) is 0 Å². The number of imidazole rings is 1. The van der Waals surface area contributed by atoms with E-state index in [9.17, 15) is 0 Å². The van der Waals surface area contributed by atoms with Crippen LogP contribution in [0, 0.1) is 11.3 Å². The third kappa shape index (κ3) is 2.54. The number of hydrogen-bond acceptors (Lipinski definition) is 4. The Morgan fingerprint density at radius 2 is 2.21 bits per heavy atom. The van der Waals surface area contributed by atoms with Crippen molar-refractivity contribution >= 4 is 28.9 Å². The Morgan fingerprint density at radius 3 is 2.95 bits per heavy atom. The molecule has 0 bridgehead atoms. The second-order valence-corrected chi connectivity index (χ2v) is 4.83. The van der Waals surface area contributed by atoms with Crippen molar-refractivity contribution in [2.75, 3.05) is 0 Å². The van der Waals surface area contributed by atoms with E-state index in [2.05, 4.69) is 16.0 Å². The summed E-state index contributed by atoms with van der Waals surface area (Å²) in [6.45, 7) is 0. The largest absolute Gasteiger partial charge is 0.465 e. The summed E-state index contributed by atoms with van der Waals surface area (Å²) < 4.78 is 5.19. The lowest BCUT2D eigenvalue weighted by Gasteiger charge is -1.93. The Morgan fingerprint density at radius 1 is 1.32 bits per heavy atom. The summed E-state index contributed by atoms with van der Waals surface area (Å²) in [6, 6.07) is 13.5. The summed E-state index contributed by atoms with van der Waals surface area (Å²) in [6.07, 6.45) is 3.27. The average molecular weight is 267 g/mol. The van der Waals surface area contributed by atoms with E-state index in [-0.39, 0.29) is 0 Å². The molecule has 2 aromatic heterocycles. The second-order valence-electron chi connectivity index (χ2n) is 3.80. The topological polar surface area (TPSA) is 65.6 Å². The van der Waals surface area contributed by atoms with Crippen molar-refractivity contribution in [3.8, 4) is 6.07 Å². The van der Waals surface area contributed by atoms with Crippen LogP contribution < -0.4 is 0 Å². The van der Waals surface area contributed by atoms with Gasteiger partial charge in [0.1, 0.15) is 11.8 Å². The molecule has 1 N–H and O–H groups in total. The van der Waals surface area contributed by atoms with Gasteiger partial charge in [0.2, 0.25) is 0 Å². The molecule has 3 rings (SSSR count). The number of aromatic nitrogens is 2. The molecule has 0 aliphatic rings. The standard InChI is InChI=1S/C14H9N3OS/c15-9-11(8-10-4-3-7-18-10)19-14-16-12-5-1-2-6-13(12)17-14/h1-8H,(H,16,17)/b11-8+. The Bertz CT molecular complexity index is 732. The number of thioether (sulfide) groups is 1. The molecule has 92 valence electrons. The van der Waals surface area contributed by atoms with Crippen molar-refractivity contribution in [3.63, 3.8) is 0 Å². The molecule has 0 saturated heterocycles. The van der Waals surface area contributed by atoms with Gasteiger partial charge in [-0.1, -0.05) is 12.1 Å². The molecule has 0 saturated carbocycles. The molecule has 1 aromatic carbocycles. The average Bonchev–Trinajstić information content (AvgIpc) is 3.06. The zero-order valence-electron chi connectivity index (χ0n) is 9.83. The van der Waals surface area contributed by atoms with E-state index >= 15 is 0 Å². The molecule has 0 unspecified atom stereocenters. The lowest BCUT2D eigenvalue weighted by Crippen LogP contribution is -1.76. The summed E-state index contributed by atoms with van der Waals surface area (Å²) in [7, 11) is 0. The second kappa shape index (κ2) is 5.04. The molecule has 19 heavy (non-hydrogen) atoms. The highest BCUT2D eigenvalue weighted by Gasteiger charge is 2.06. The molecular formula is C14H9N3OS. The zero-order chi connectivity index (χ0) is 13.1. The quantitative estimate of drug-likeness (QED) is 0.578. The number of para-hydroxylation sites is 2. The maximum absolute atomic E-state index is 9.14. The number of nitrogens with one attached hydrogen (secondary N) is 1. The molecule has 0 atom stereocenters. The molecule has 2 heterocycles. The number of nitrogens with zero attached hydrogens (tertiary/aromatic N) is 2. The number of nitriles is 1. The number of allylic oxidation sites excluding steroid dienone is 1. The van der Waals surface area contributed by atoms with Crippen LogP contribution in [0.5, 0.6) is 0 Å². The van der Waals surface area contributed by atoms with Crippen molar-refractivity contribution in [2.24, 2.45) is 0 Å². The van der Waals surface area contributed by atoms with Gasteiger partial charge in [0.05, 0.1) is 22.2 Å². The van der Waals surface area contributed by atoms with E-state index in [1.54, 1.807) is 24.5 Å². The number of furan rings is 1. The molecule has 3 aromatic rings. The Hall–Kier alpha value is -2.45. The summed E-state index contributed by atoms with van der Waals surface area (Å²) in [5.41, 5.74) is 1.85. The van der Waals surface area contributed by atoms with Crippen LogP contribution in [0.4, 0.5) is 0 Å². The molecule has 0 radical (unpaired) electrons. The highest BCUT2D eigenvalue weighted by atomic mass is 32.2. The van der Waals surface area contributed by atoms with Gasteiger partial charge in [-0.05, 0) is 36.0 Å². The Labute approximate surface area is 113 Å². The molecule has 0 aliphatic carbocycles. The SMILES string of the molecule is N#C/C(=C\c1ccco1)Sc1nc2ccccc2[nH]1. The first-order valence-corrected chi connectivity index (χ1v) is 6.45. The van der Waals surface area contributed by atoms with Crippen LogP contribution in [-0.4, -0.2) is 9.97 Å².